The minimum atomic E-state index is -0.554. The molecule has 1 atom stereocenters. The van der Waals surface area contributed by atoms with Gasteiger partial charge in [-0.25, -0.2) is 9.78 Å². The molecule has 1 unspecified atom stereocenters. The molecule has 1 aromatic carbocycles. The highest BCUT2D eigenvalue weighted by molar-refractivity contribution is 5.87. The maximum atomic E-state index is 10.7. The second-order valence-corrected chi connectivity index (χ2v) is 4.82. The number of urea groups is 1. The van der Waals surface area contributed by atoms with Gasteiger partial charge in [-0.15, -0.1) is 0 Å². The van der Waals surface area contributed by atoms with Crippen molar-refractivity contribution in [2.45, 2.75) is 25.8 Å². The molecule has 5 N–H and O–H groups in total. The number of aromatic amines is 1. The average Bonchev–Trinajstić information content (AvgIpc) is 2.97. The highest BCUT2D eigenvalue weighted by Gasteiger charge is 2.05. The van der Waals surface area contributed by atoms with E-state index in [4.69, 9.17) is 5.73 Å². The monoisotopic (exact) mass is 288 g/mol. The molecule has 2 amide bonds. The summed E-state index contributed by atoms with van der Waals surface area (Å²) in [5.74, 6) is 0.909. The normalized spacial score (nSPS) is 12.0. The van der Waals surface area contributed by atoms with Gasteiger partial charge in [-0.1, -0.05) is 12.1 Å². The Morgan fingerprint density at radius 2 is 2.14 bits per heavy atom. The number of amides is 2. The van der Waals surface area contributed by atoms with Crippen LogP contribution in [0.2, 0.25) is 0 Å². The molecule has 2 aromatic rings. The van der Waals surface area contributed by atoms with Gasteiger partial charge >= 0.3 is 6.03 Å². The van der Waals surface area contributed by atoms with Crippen molar-refractivity contribution in [2.75, 3.05) is 11.9 Å². The number of nitrogens with one attached hydrogen (secondary N) is 3. The summed E-state index contributed by atoms with van der Waals surface area (Å²) in [7, 11) is 0. The van der Waals surface area contributed by atoms with Crippen LogP contribution in [-0.4, -0.2) is 27.8 Å². The average molecular weight is 288 g/mol. The van der Waals surface area contributed by atoms with E-state index in [0.29, 0.717) is 5.69 Å². The fourth-order valence-electron chi connectivity index (χ4n) is 2.04. The predicted octanol–water partition coefficient (Wildman–Crippen LogP) is 1.58. The Morgan fingerprint density at radius 1 is 1.38 bits per heavy atom. The summed E-state index contributed by atoms with van der Waals surface area (Å²) in [6.07, 6.45) is 3.38. The molecule has 0 radical (unpaired) electrons. The Kier molecular flexibility index (Phi) is 5.28. The first-order chi connectivity index (χ1) is 10.1. The van der Waals surface area contributed by atoms with E-state index in [1.54, 1.807) is 0 Å². The molecule has 0 saturated heterocycles. The lowest BCUT2D eigenvalue weighted by atomic mass is 10.1. The lowest BCUT2D eigenvalue weighted by Gasteiger charge is -2.14. The molecule has 0 aliphatic rings. The summed E-state index contributed by atoms with van der Waals surface area (Å²) < 4.78 is 0. The number of carbonyl (C=O) groups excluding carboxylic acids is 1. The number of hydrogen-bond acceptors (Lipinski definition) is 4. The van der Waals surface area contributed by atoms with Crippen LogP contribution in [0, 0.1) is 0 Å². The molecule has 0 aliphatic carbocycles. The van der Waals surface area contributed by atoms with Crippen molar-refractivity contribution in [3.63, 3.8) is 0 Å². The van der Waals surface area contributed by atoms with E-state index in [9.17, 15) is 4.79 Å². The zero-order valence-corrected chi connectivity index (χ0v) is 12.0. The molecule has 0 bridgehead atoms. The number of primary amides is 1. The second kappa shape index (κ2) is 7.39. The highest BCUT2D eigenvalue weighted by atomic mass is 16.2. The summed E-state index contributed by atoms with van der Waals surface area (Å²) in [5, 5.41) is 12.7. The Labute approximate surface area is 123 Å². The minimum absolute atomic E-state index is 0.238. The van der Waals surface area contributed by atoms with E-state index in [1.165, 1.54) is 6.33 Å². The number of nitrogens with zero attached hydrogens (tertiary/aromatic N) is 2. The van der Waals surface area contributed by atoms with Gasteiger partial charge in [0.2, 0.25) is 0 Å². The van der Waals surface area contributed by atoms with Gasteiger partial charge in [-0.2, -0.15) is 5.10 Å². The van der Waals surface area contributed by atoms with Crippen LogP contribution < -0.4 is 16.4 Å². The summed E-state index contributed by atoms with van der Waals surface area (Å²) in [5.41, 5.74) is 6.92. The molecule has 7 heteroatoms. The van der Waals surface area contributed by atoms with Gasteiger partial charge in [0.05, 0.1) is 0 Å². The number of carbonyl (C=O) groups is 1. The fraction of sp³-hybridized carbons (Fsp3) is 0.357. The Hall–Kier alpha value is -2.41. The van der Waals surface area contributed by atoms with Crippen LogP contribution in [0.4, 0.5) is 10.5 Å². The molecule has 7 nitrogen and oxygen atoms in total. The number of rotatable bonds is 7. The number of aryl methyl sites for hydroxylation is 1. The Morgan fingerprint density at radius 3 is 2.76 bits per heavy atom. The van der Waals surface area contributed by atoms with Crippen molar-refractivity contribution in [1.82, 2.24) is 20.5 Å². The minimum Gasteiger partial charge on any atom is -0.351 e. The first kappa shape index (κ1) is 15.0. The summed E-state index contributed by atoms with van der Waals surface area (Å²) in [4.78, 5) is 14.8. The quantitative estimate of drug-likeness (QED) is 0.580. The van der Waals surface area contributed by atoms with E-state index in [0.717, 1.165) is 30.8 Å². The third-order valence-corrected chi connectivity index (χ3v) is 3.18. The summed E-state index contributed by atoms with van der Waals surface area (Å²) in [6, 6.07) is 7.31. The van der Waals surface area contributed by atoms with Gasteiger partial charge in [0.1, 0.15) is 12.2 Å². The summed E-state index contributed by atoms with van der Waals surface area (Å²) >= 11 is 0. The Bertz CT molecular complexity index is 551. The lowest BCUT2D eigenvalue weighted by Crippen LogP contribution is -2.21. The number of nitrogens with two attached hydrogens (primary N) is 1. The molecular weight excluding hydrogens is 268 g/mol. The molecular formula is C14H20N6O. The number of hydrogen-bond donors (Lipinski definition) is 4. The zero-order valence-electron chi connectivity index (χ0n) is 12.0. The van der Waals surface area contributed by atoms with Crippen molar-refractivity contribution in [1.29, 1.82) is 0 Å². The van der Waals surface area contributed by atoms with Gasteiger partial charge in [-0.05, 0) is 37.6 Å². The molecule has 1 aromatic heterocycles. The van der Waals surface area contributed by atoms with Gasteiger partial charge < -0.3 is 16.4 Å². The topological polar surface area (TPSA) is 109 Å². The van der Waals surface area contributed by atoms with Crippen molar-refractivity contribution in [3.8, 4) is 0 Å². The molecule has 0 aliphatic heterocycles. The standard InChI is InChI=1S/C14H20N6O/c1-10(16-8-2-3-13-17-9-18-20-13)11-4-6-12(7-5-11)19-14(15)21/h4-7,9-10,16H,2-3,8H2,1H3,(H3,15,19,21)(H,17,18,20). The predicted molar refractivity (Wildman–Crippen MR) is 80.8 cm³/mol. The number of benzene rings is 1. The molecule has 21 heavy (non-hydrogen) atoms. The molecule has 0 spiro atoms. The Balaban J connectivity index is 1.74. The van der Waals surface area contributed by atoms with E-state index < -0.39 is 6.03 Å². The van der Waals surface area contributed by atoms with E-state index in [2.05, 4.69) is 32.7 Å². The van der Waals surface area contributed by atoms with Gasteiger partial charge in [-0.3, -0.25) is 5.10 Å². The molecule has 2 rings (SSSR count). The maximum absolute atomic E-state index is 10.7. The van der Waals surface area contributed by atoms with Crippen LogP contribution in [0.5, 0.6) is 0 Å². The van der Waals surface area contributed by atoms with Crippen molar-refractivity contribution >= 4 is 11.7 Å². The third-order valence-electron chi connectivity index (χ3n) is 3.18. The number of anilines is 1. The van der Waals surface area contributed by atoms with Gasteiger partial charge in [0, 0.05) is 18.2 Å². The van der Waals surface area contributed by atoms with Crippen molar-refractivity contribution < 1.29 is 4.79 Å². The summed E-state index contributed by atoms with van der Waals surface area (Å²) in [6.45, 7) is 2.99. The first-order valence-electron chi connectivity index (χ1n) is 6.89. The van der Waals surface area contributed by atoms with Crippen LogP contribution in [-0.2, 0) is 6.42 Å². The molecule has 0 saturated carbocycles. The van der Waals surface area contributed by atoms with Crippen LogP contribution in [0.15, 0.2) is 30.6 Å². The van der Waals surface area contributed by atoms with Gasteiger partial charge in [0.15, 0.2) is 0 Å². The van der Waals surface area contributed by atoms with E-state index in [1.807, 2.05) is 24.3 Å². The molecule has 112 valence electrons. The second-order valence-electron chi connectivity index (χ2n) is 4.82. The zero-order chi connectivity index (χ0) is 15.1. The highest BCUT2D eigenvalue weighted by Crippen LogP contribution is 2.15. The van der Waals surface area contributed by atoms with Crippen molar-refractivity contribution in [3.05, 3.63) is 42.0 Å². The van der Waals surface area contributed by atoms with Gasteiger partial charge in [0.25, 0.3) is 0 Å². The van der Waals surface area contributed by atoms with Crippen LogP contribution in [0.25, 0.3) is 0 Å². The van der Waals surface area contributed by atoms with Crippen LogP contribution >= 0.6 is 0 Å². The maximum Gasteiger partial charge on any atom is 0.316 e. The fourth-order valence-corrected chi connectivity index (χ4v) is 2.04. The molecule has 1 heterocycles. The first-order valence-corrected chi connectivity index (χ1v) is 6.89. The number of H-pyrrole nitrogens is 1. The SMILES string of the molecule is CC(NCCCc1ncn[nH]1)c1ccc(NC(N)=O)cc1. The number of aromatic nitrogens is 3. The van der Waals surface area contributed by atoms with E-state index in [-0.39, 0.29) is 6.04 Å². The largest absolute Gasteiger partial charge is 0.351 e. The third kappa shape index (κ3) is 4.88. The lowest BCUT2D eigenvalue weighted by molar-refractivity contribution is 0.259. The molecule has 0 fully saturated rings. The van der Waals surface area contributed by atoms with Crippen LogP contribution in [0.3, 0.4) is 0 Å². The van der Waals surface area contributed by atoms with Crippen molar-refractivity contribution in [2.24, 2.45) is 5.73 Å². The van der Waals surface area contributed by atoms with E-state index >= 15 is 0 Å². The van der Waals surface area contributed by atoms with Crippen LogP contribution in [0.1, 0.15) is 30.8 Å². The smallest absolute Gasteiger partial charge is 0.316 e.